The number of hydrogen-bond acceptors (Lipinski definition) is 5. The second-order valence-electron chi connectivity index (χ2n) is 6.79. The fraction of sp³-hybridized carbons (Fsp3) is 0.304. The van der Waals surface area contributed by atoms with Gasteiger partial charge in [0.2, 0.25) is 5.89 Å². The Hall–Kier alpha value is -3.48. The van der Waals surface area contributed by atoms with Crippen LogP contribution < -0.4 is 20.1 Å². The van der Waals surface area contributed by atoms with Crippen LogP contribution in [0.25, 0.3) is 11.5 Å². The molecule has 3 aromatic rings. The van der Waals surface area contributed by atoms with Crippen molar-refractivity contribution in [3.8, 4) is 23.0 Å². The zero-order valence-electron chi connectivity index (χ0n) is 17.9. The van der Waals surface area contributed by atoms with E-state index >= 15 is 0 Å². The summed E-state index contributed by atoms with van der Waals surface area (Å²) in [6, 6.07) is 13.9. The van der Waals surface area contributed by atoms with Crippen molar-refractivity contribution >= 4 is 5.96 Å². The molecule has 2 aromatic carbocycles. The number of aliphatic imine (C=N–C) groups is 1. The fourth-order valence-corrected chi connectivity index (χ4v) is 2.96. The number of benzene rings is 2. The summed E-state index contributed by atoms with van der Waals surface area (Å²) in [4.78, 5) is 8.84. The lowest BCUT2D eigenvalue weighted by molar-refractivity contribution is 0.390. The number of aromatic nitrogens is 1. The fourth-order valence-electron chi connectivity index (χ4n) is 2.96. The molecule has 1 heterocycles. The first-order chi connectivity index (χ1) is 14.6. The van der Waals surface area contributed by atoms with Gasteiger partial charge in [-0.1, -0.05) is 17.7 Å². The van der Waals surface area contributed by atoms with Gasteiger partial charge in [-0.25, -0.2) is 4.98 Å². The van der Waals surface area contributed by atoms with E-state index in [-0.39, 0.29) is 0 Å². The van der Waals surface area contributed by atoms with Crippen molar-refractivity contribution in [2.75, 3.05) is 27.8 Å². The number of guanidine groups is 1. The molecule has 0 spiro atoms. The van der Waals surface area contributed by atoms with Crippen LogP contribution >= 0.6 is 0 Å². The smallest absolute Gasteiger partial charge is 0.226 e. The van der Waals surface area contributed by atoms with Crippen LogP contribution in [0, 0.1) is 6.92 Å². The van der Waals surface area contributed by atoms with Gasteiger partial charge < -0.3 is 24.5 Å². The number of nitrogens with zero attached hydrogens (tertiary/aromatic N) is 2. The van der Waals surface area contributed by atoms with Crippen LogP contribution in [0.3, 0.4) is 0 Å². The molecular formula is C23H28N4O3. The van der Waals surface area contributed by atoms with Gasteiger partial charge in [0.1, 0.15) is 17.8 Å². The highest BCUT2D eigenvalue weighted by molar-refractivity contribution is 5.79. The molecule has 0 aliphatic heterocycles. The summed E-state index contributed by atoms with van der Waals surface area (Å²) < 4.78 is 16.3. The maximum Gasteiger partial charge on any atom is 0.226 e. The van der Waals surface area contributed by atoms with Gasteiger partial charge in [-0.05, 0) is 31.2 Å². The van der Waals surface area contributed by atoms with Gasteiger partial charge >= 0.3 is 0 Å². The van der Waals surface area contributed by atoms with E-state index in [0.29, 0.717) is 24.9 Å². The molecule has 0 radical (unpaired) electrons. The van der Waals surface area contributed by atoms with Crippen molar-refractivity contribution in [1.29, 1.82) is 0 Å². The van der Waals surface area contributed by atoms with Crippen LogP contribution in [-0.2, 0) is 13.0 Å². The number of ether oxygens (including phenoxy) is 2. The maximum absolute atomic E-state index is 5.62. The summed E-state index contributed by atoms with van der Waals surface area (Å²) in [6.07, 6.45) is 2.43. The van der Waals surface area contributed by atoms with Gasteiger partial charge in [-0.2, -0.15) is 0 Å². The highest BCUT2D eigenvalue weighted by atomic mass is 16.5. The predicted octanol–water partition coefficient (Wildman–Crippen LogP) is 3.57. The molecule has 0 bridgehead atoms. The number of nitrogens with one attached hydrogen (secondary N) is 2. The van der Waals surface area contributed by atoms with Gasteiger partial charge in [0, 0.05) is 43.8 Å². The molecule has 1 aromatic heterocycles. The van der Waals surface area contributed by atoms with Crippen LogP contribution in [0.4, 0.5) is 0 Å². The van der Waals surface area contributed by atoms with Crippen molar-refractivity contribution in [2.45, 2.75) is 19.9 Å². The Morgan fingerprint density at radius 1 is 1.07 bits per heavy atom. The molecular weight excluding hydrogens is 380 g/mol. The minimum absolute atomic E-state index is 0.578. The van der Waals surface area contributed by atoms with Gasteiger partial charge in [0.05, 0.1) is 19.9 Å². The van der Waals surface area contributed by atoms with E-state index in [1.165, 1.54) is 5.56 Å². The van der Waals surface area contributed by atoms with Crippen molar-refractivity contribution in [1.82, 2.24) is 15.6 Å². The van der Waals surface area contributed by atoms with E-state index in [1.54, 1.807) is 27.5 Å². The second kappa shape index (κ2) is 10.3. The minimum Gasteiger partial charge on any atom is -0.497 e. The van der Waals surface area contributed by atoms with Gasteiger partial charge in [0.25, 0.3) is 0 Å². The van der Waals surface area contributed by atoms with Crippen LogP contribution in [0.2, 0.25) is 0 Å². The summed E-state index contributed by atoms with van der Waals surface area (Å²) >= 11 is 0. The molecule has 158 valence electrons. The zero-order chi connectivity index (χ0) is 21.3. The molecule has 0 saturated heterocycles. The summed E-state index contributed by atoms with van der Waals surface area (Å²) in [5.74, 6) is 2.87. The van der Waals surface area contributed by atoms with E-state index < -0.39 is 0 Å². The van der Waals surface area contributed by atoms with Gasteiger partial charge in [0.15, 0.2) is 5.96 Å². The lowest BCUT2D eigenvalue weighted by Crippen LogP contribution is -2.37. The molecule has 0 amide bonds. The average molecular weight is 409 g/mol. The molecule has 7 nitrogen and oxygen atoms in total. The number of oxazole rings is 1. The molecule has 0 unspecified atom stereocenters. The monoisotopic (exact) mass is 408 g/mol. The summed E-state index contributed by atoms with van der Waals surface area (Å²) in [5, 5.41) is 6.59. The largest absolute Gasteiger partial charge is 0.497 e. The third-order valence-electron chi connectivity index (χ3n) is 4.69. The molecule has 7 heteroatoms. The van der Waals surface area contributed by atoms with E-state index in [9.17, 15) is 0 Å². The Morgan fingerprint density at radius 2 is 1.87 bits per heavy atom. The summed E-state index contributed by atoms with van der Waals surface area (Å²) in [6.45, 7) is 3.32. The average Bonchev–Trinajstić information content (AvgIpc) is 3.25. The molecule has 30 heavy (non-hydrogen) atoms. The highest BCUT2D eigenvalue weighted by Crippen LogP contribution is 2.24. The van der Waals surface area contributed by atoms with Crippen LogP contribution in [-0.4, -0.2) is 38.8 Å². The quantitative estimate of drug-likeness (QED) is 0.438. The van der Waals surface area contributed by atoms with Crippen molar-refractivity contribution in [3.05, 3.63) is 65.5 Å². The molecule has 0 saturated carbocycles. The summed E-state index contributed by atoms with van der Waals surface area (Å²) in [5.41, 5.74) is 4.09. The lowest BCUT2D eigenvalue weighted by Gasteiger charge is -2.14. The van der Waals surface area contributed by atoms with E-state index in [0.717, 1.165) is 34.7 Å². The number of rotatable bonds is 8. The number of aryl methyl sites for hydroxylation is 1. The standard InChI is InChI=1S/C23H28N4O3/c1-16-5-7-17(8-6-16)22-27-19(15-30-22)11-12-25-23(24-2)26-14-18-9-10-20(28-3)13-21(18)29-4/h5-10,13,15H,11-12,14H2,1-4H3,(H2,24,25,26). The number of methoxy groups -OCH3 is 2. The SMILES string of the molecule is CN=C(NCCc1coc(-c2ccc(C)cc2)n1)NCc1ccc(OC)cc1OC. The van der Waals surface area contributed by atoms with Crippen molar-refractivity contribution < 1.29 is 13.9 Å². The Kier molecular flexibility index (Phi) is 7.32. The Labute approximate surface area is 177 Å². The van der Waals surface area contributed by atoms with Crippen LogP contribution in [0.1, 0.15) is 16.8 Å². The second-order valence-corrected chi connectivity index (χ2v) is 6.79. The maximum atomic E-state index is 5.62. The molecule has 0 aliphatic carbocycles. The summed E-state index contributed by atoms with van der Waals surface area (Å²) in [7, 11) is 5.03. The zero-order valence-corrected chi connectivity index (χ0v) is 17.9. The Morgan fingerprint density at radius 3 is 2.57 bits per heavy atom. The lowest BCUT2D eigenvalue weighted by atomic mass is 10.1. The topological polar surface area (TPSA) is 80.9 Å². The first-order valence-corrected chi connectivity index (χ1v) is 9.79. The molecule has 2 N–H and O–H groups in total. The first-order valence-electron chi connectivity index (χ1n) is 9.79. The van der Waals surface area contributed by atoms with Gasteiger partial charge in [-0.15, -0.1) is 0 Å². The highest BCUT2D eigenvalue weighted by Gasteiger charge is 2.08. The number of hydrogen-bond donors (Lipinski definition) is 2. The van der Waals surface area contributed by atoms with E-state index in [2.05, 4.69) is 27.5 Å². The minimum atomic E-state index is 0.578. The molecule has 0 atom stereocenters. The third-order valence-corrected chi connectivity index (χ3v) is 4.69. The Bertz CT molecular complexity index is 980. The van der Waals surface area contributed by atoms with Gasteiger partial charge in [-0.3, -0.25) is 4.99 Å². The van der Waals surface area contributed by atoms with E-state index in [4.69, 9.17) is 13.9 Å². The van der Waals surface area contributed by atoms with E-state index in [1.807, 2.05) is 42.5 Å². The van der Waals surface area contributed by atoms with Crippen molar-refractivity contribution in [2.24, 2.45) is 4.99 Å². The van der Waals surface area contributed by atoms with Crippen molar-refractivity contribution in [3.63, 3.8) is 0 Å². The molecule has 0 aliphatic rings. The first kappa shape index (κ1) is 21.2. The van der Waals surface area contributed by atoms with Crippen LogP contribution in [0.5, 0.6) is 11.5 Å². The third kappa shape index (κ3) is 5.53. The predicted molar refractivity (Wildman–Crippen MR) is 118 cm³/mol. The normalized spacial score (nSPS) is 11.3. The Balaban J connectivity index is 1.50. The molecule has 0 fully saturated rings. The molecule has 3 rings (SSSR count). The van der Waals surface area contributed by atoms with Crippen LogP contribution in [0.15, 0.2) is 58.1 Å².